The van der Waals surface area contributed by atoms with Gasteiger partial charge in [0.25, 0.3) is 5.91 Å². The van der Waals surface area contributed by atoms with E-state index in [4.69, 9.17) is 14.1 Å². The zero-order chi connectivity index (χ0) is 29.2. The first-order valence-electron chi connectivity index (χ1n) is 13.7. The fraction of sp³-hybridized carbons (Fsp3) is 0.500. The van der Waals surface area contributed by atoms with Crippen molar-refractivity contribution < 1.29 is 28.1 Å². The first-order chi connectivity index (χ1) is 19.0. The minimum absolute atomic E-state index is 0.246. The normalized spacial score (nSPS) is 15.1. The highest BCUT2D eigenvalue weighted by Gasteiger charge is 2.37. The highest BCUT2D eigenvalue weighted by molar-refractivity contribution is 7.85. The number of carbonyl (C=O) groups is 2. The van der Waals surface area contributed by atoms with E-state index >= 15 is 0 Å². The van der Waals surface area contributed by atoms with Crippen molar-refractivity contribution in [3.05, 3.63) is 47.0 Å². The highest BCUT2D eigenvalue weighted by Crippen LogP contribution is 2.46. The molecular weight excluding hydrogens is 530 g/mol. The Morgan fingerprint density at radius 3 is 2.52 bits per heavy atom. The van der Waals surface area contributed by atoms with Gasteiger partial charge in [0.05, 0.1) is 29.1 Å². The first-order valence-corrected chi connectivity index (χ1v) is 15.2. The number of furan rings is 1. The number of rotatable bonds is 12. The second-order valence-corrected chi connectivity index (χ2v) is 12.2. The van der Waals surface area contributed by atoms with E-state index in [9.17, 15) is 18.9 Å². The van der Waals surface area contributed by atoms with Crippen molar-refractivity contribution in [3.63, 3.8) is 0 Å². The zero-order valence-electron chi connectivity index (χ0n) is 24.1. The van der Waals surface area contributed by atoms with E-state index in [0.717, 1.165) is 29.5 Å². The van der Waals surface area contributed by atoms with Gasteiger partial charge in [-0.25, -0.2) is 4.21 Å². The van der Waals surface area contributed by atoms with Crippen LogP contribution in [0.1, 0.15) is 73.9 Å². The van der Waals surface area contributed by atoms with Crippen LogP contribution in [0.15, 0.2) is 34.7 Å². The Hall–Kier alpha value is -3.24. The molecule has 3 aromatic rings. The quantitative estimate of drug-likeness (QED) is 0.299. The van der Waals surface area contributed by atoms with E-state index in [1.54, 1.807) is 38.4 Å². The molecule has 1 saturated carbocycles. The van der Waals surface area contributed by atoms with Crippen molar-refractivity contribution in [2.75, 3.05) is 30.8 Å². The summed E-state index contributed by atoms with van der Waals surface area (Å²) in [6.07, 6.45) is 3.43. The number of fused-ring (bicyclic) bond motifs is 1. The molecule has 2 atom stereocenters. The summed E-state index contributed by atoms with van der Waals surface area (Å²) in [6, 6.07) is 9.71. The highest BCUT2D eigenvalue weighted by atomic mass is 32.2. The Morgan fingerprint density at radius 1 is 1.27 bits per heavy atom. The number of hydrogen-bond acceptors (Lipinski definition) is 7. The zero-order valence-corrected chi connectivity index (χ0v) is 24.9. The van der Waals surface area contributed by atoms with Crippen molar-refractivity contribution in [3.8, 4) is 11.3 Å². The predicted molar refractivity (Wildman–Crippen MR) is 157 cm³/mol. The van der Waals surface area contributed by atoms with Crippen molar-refractivity contribution >= 4 is 39.8 Å². The van der Waals surface area contributed by atoms with Gasteiger partial charge in [-0.15, -0.1) is 0 Å². The van der Waals surface area contributed by atoms with Gasteiger partial charge in [0.2, 0.25) is 5.71 Å². The monoisotopic (exact) mass is 569 g/mol. The summed E-state index contributed by atoms with van der Waals surface area (Å²) in [6.45, 7) is 7.66. The number of ether oxygens (including phenoxy) is 1. The number of nitrogens with zero attached hydrogens (tertiary/aromatic N) is 2. The summed E-state index contributed by atoms with van der Waals surface area (Å²) < 4.78 is 26.0. The molecule has 0 spiro atoms. The first kappa shape index (κ1) is 29.7. The molecule has 2 heterocycles. The summed E-state index contributed by atoms with van der Waals surface area (Å²) >= 11 is 0. The number of nitrogens with one attached hydrogen (secondary N) is 1. The van der Waals surface area contributed by atoms with Crippen molar-refractivity contribution in [2.24, 2.45) is 5.41 Å². The van der Waals surface area contributed by atoms with Crippen LogP contribution < -0.4 is 9.62 Å². The maximum absolute atomic E-state index is 13.0. The molecular formula is C30H39N3O6S. The lowest BCUT2D eigenvalue weighted by Crippen LogP contribution is -2.39. The lowest BCUT2D eigenvalue weighted by molar-refractivity contribution is -0.160. The van der Waals surface area contributed by atoms with Gasteiger partial charge in [0, 0.05) is 25.4 Å². The Labute approximate surface area is 237 Å². The molecule has 10 heteroatoms. The third-order valence-electron chi connectivity index (χ3n) is 7.50. The lowest BCUT2D eigenvalue weighted by atomic mass is 9.84. The number of hydrogen-bond donors (Lipinski definition) is 2. The number of benzene rings is 1. The average Bonchev–Trinajstić information content (AvgIpc) is 3.70. The topological polar surface area (TPSA) is 122 Å². The summed E-state index contributed by atoms with van der Waals surface area (Å²) in [4.78, 5) is 30.2. The maximum Gasteiger partial charge on any atom is 0.314 e. The molecule has 1 aliphatic carbocycles. The molecule has 2 unspecified atom stereocenters. The summed E-state index contributed by atoms with van der Waals surface area (Å²) in [5, 5.41) is 14.1. The van der Waals surface area contributed by atoms with E-state index in [2.05, 4.69) is 5.32 Å². The van der Waals surface area contributed by atoms with Gasteiger partial charge < -0.3 is 19.6 Å². The van der Waals surface area contributed by atoms with E-state index < -0.39 is 28.5 Å². The fourth-order valence-corrected chi connectivity index (χ4v) is 5.56. The predicted octanol–water partition coefficient (Wildman–Crippen LogP) is 4.87. The van der Waals surface area contributed by atoms with Crippen molar-refractivity contribution in [1.29, 1.82) is 0 Å². The third-order valence-corrected chi connectivity index (χ3v) is 8.47. The SMILES string of the molecule is CCOC(=O)C(C)(C)C(O)CCCN(c1nc2oc(-c3ccc(C)cc3)c(C(=O)NC)c2cc1C1CC1)S(C)=O. The summed E-state index contributed by atoms with van der Waals surface area (Å²) in [5.41, 5.74) is 2.46. The number of aliphatic hydroxyl groups is 1. The van der Waals surface area contributed by atoms with Gasteiger partial charge in [0.15, 0.2) is 0 Å². The largest absolute Gasteiger partial charge is 0.466 e. The van der Waals surface area contributed by atoms with E-state index in [0.29, 0.717) is 47.6 Å². The van der Waals surface area contributed by atoms with Crippen LogP contribution in [0.5, 0.6) is 0 Å². The van der Waals surface area contributed by atoms with Crippen LogP contribution >= 0.6 is 0 Å². The number of esters is 1. The van der Waals surface area contributed by atoms with Gasteiger partial charge in [-0.05, 0) is 70.9 Å². The van der Waals surface area contributed by atoms with Gasteiger partial charge in [0.1, 0.15) is 22.6 Å². The van der Waals surface area contributed by atoms with Crippen LogP contribution in [0.3, 0.4) is 0 Å². The standard InChI is InChI=1S/C30H39N3O6S/c1-7-38-29(36)30(3,4)23(34)9-8-16-33(40(6)37)26-21(19-14-15-19)17-22-24(27(35)31-5)25(39-28(22)32-26)20-12-10-18(2)11-13-20/h10-13,17,19,23,34H,7-9,14-16H2,1-6H3,(H,31,35). The number of aliphatic hydroxyl groups excluding tert-OH is 1. The molecule has 0 radical (unpaired) electrons. The molecule has 1 amide bonds. The summed E-state index contributed by atoms with van der Waals surface area (Å²) in [5.74, 6) is 0.536. The molecule has 0 saturated heterocycles. The summed E-state index contributed by atoms with van der Waals surface area (Å²) in [7, 11) is 0.172. The van der Waals surface area contributed by atoms with Crippen LogP contribution in [0, 0.1) is 12.3 Å². The van der Waals surface area contributed by atoms with Crippen molar-refractivity contribution in [1.82, 2.24) is 10.3 Å². The Balaban J connectivity index is 1.70. The molecule has 4 rings (SSSR count). The molecule has 0 aliphatic heterocycles. The van der Waals surface area contributed by atoms with Gasteiger partial charge in [-0.1, -0.05) is 29.8 Å². The molecule has 216 valence electrons. The number of carbonyl (C=O) groups excluding carboxylic acids is 2. The van der Waals surface area contributed by atoms with Crippen LogP contribution in [0.4, 0.5) is 5.82 Å². The molecule has 2 aromatic heterocycles. The number of anilines is 1. The van der Waals surface area contributed by atoms with Crippen LogP contribution in [-0.2, 0) is 20.5 Å². The van der Waals surface area contributed by atoms with Crippen molar-refractivity contribution in [2.45, 2.75) is 65.4 Å². The third kappa shape index (κ3) is 6.07. The number of aryl methyl sites for hydroxylation is 1. The Kier molecular flexibility index (Phi) is 8.99. The van der Waals surface area contributed by atoms with Gasteiger partial charge >= 0.3 is 5.97 Å². The Bertz CT molecular complexity index is 1410. The smallest absolute Gasteiger partial charge is 0.314 e. The molecule has 1 aliphatic rings. The molecule has 0 bridgehead atoms. The maximum atomic E-state index is 13.0. The second-order valence-electron chi connectivity index (χ2n) is 10.9. The van der Waals surface area contributed by atoms with E-state index in [-0.39, 0.29) is 18.4 Å². The number of pyridine rings is 1. The minimum atomic E-state index is -1.41. The minimum Gasteiger partial charge on any atom is -0.466 e. The molecule has 1 aromatic carbocycles. The average molecular weight is 570 g/mol. The number of amides is 1. The molecule has 9 nitrogen and oxygen atoms in total. The second kappa shape index (κ2) is 12.1. The number of aromatic nitrogens is 1. The van der Waals surface area contributed by atoms with Crippen LogP contribution in [0.25, 0.3) is 22.4 Å². The molecule has 40 heavy (non-hydrogen) atoms. The fourth-order valence-electron chi connectivity index (χ4n) is 4.78. The Morgan fingerprint density at radius 2 is 1.95 bits per heavy atom. The lowest BCUT2D eigenvalue weighted by Gasteiger charge is -2.29. The van der Waals surface area contributed by atoms with Crippen LogP contribution in [-0.4, -0.2) is 58.7 Å². The van der Waals surface area contributed by atoms with Gasteiger partial charge in [-0.2, -0.15) is 4.98 Å². The van der Waals surface area contributed by atoms with E-state index in [1.807, 2.05) is 37.3 Å². The molecule has 2 N–H and O–H groups in total. The molecule has 1 fully saturated rings. The van der Waals surface area contributed by atoms with Gasteiger partial charge in [-0.3, -0.25) is 13.9 Å². The van der Waals surface area contributed by atoms with E-state index in [1.165, 1.54) is 0 Å². The van der Waals surface area contributed by atoms with Crippen LogP contribution in [0.2, 0.25) is 0 Å².